The highest BCUT2D eigenvalue weighted by molar-refractivity contribution is 7.88. The first-order valence-electron chi connectivity index (χ1n) is 8.35. The lowest BCUT2D eigenvalue weighted by molar-refractivity contribution is -0.109. The molecule has 1 atom stereocenters. The van der Waals surface area contributed by atoms with Gasteiger partial charge in [-0.25, -0.2) is 27.5 Å². The van der Waals surface area contributed by atoms with Crippen LogP contribution in [0.15, 0.2) is 24.3 Å². The fourth-order valence-corrected chi connectivity index (χ4v) is 3.01. The number of hydrogen-bond acceptors (Lipinski definition) is 6. The highest BCUT2D eigenvalue weighted by Crippen LogP contribution is 2.33. The summed E-state index contributed by atoms with van der Waals surface area (Å²) in [5.74, 6) is -0.336. The molecule has 1 aromatic heterocycles. The zero-order valence-electron chi connectivity index (χ0n) is 15.3. The van der Waals surface area contributed by atoms with Crippen LogP contribution in [0, 0.1) is 5.82 Å². The van der Waals surface area contributed by atoms with E-state index in [1.165, 1.54) is 24.3 Å². The standard InChI is InChI=1S/C18H22FN3O4S/c1-11(2)17-16(14(24)8-9-23)18(12-4-6-13(19)7-5-12)22-15(21-17)10-20-27(3,25)26/h4-7,9,11,14,20,24H,8,10H2,1-3H3. The van der Waals surface area contributed by atoms with Crippen molar-refractivity contribution in [2.24, 2.45) is 0 Å². The van der Waals surface area contributed by atoms with Crippen LogP contribution < -0.4 is 4.72 Å². The minimum absolute atomic E-state index is 0.125. The Morgan fingerprint density at radius 2 is 1.85 bits per heavy atom. The van der Waals surface area contributed by atoms with Gasteiger partial charge in [-0.05, 0) is 30.2 Å². The SMILES string of the molecule is CC(C)c1nc(CNS(C)(=O)=O)nc(-c2ccc(F)cc2)c1C(O)CC=O. The molecule has 0 aliphatic heterocycles. The summed E-state index contributed by atoms with van der Waals surface area (Å²) >= 11 is 0. The Bertz CT molecular complexity index is 915. The number of benzene rings is 1. The number of halogens is 1. The lowest BCUT2D eigenvalue weighted by Crippen LogP contribution is -2.24. The fraction of sp³-hybridized carbons (Fsp3) is 0.389. The number of carbonyl (C=O) groups excluding carboxylic acids is 1. The second-order valence-corrected chi connectivity index (χ2v) is 8.29. The molecule has 7 nitrogen and oxygen atoms in total. The van der Waals surface area contributed by atoms with Gasteiger partial charge in [-0.1, -0.05) is 13.8 Å². The summed E-state index contributed by atoms with van der Waals surface area (Å²) in [7, 11) is -3.45. The van der Waals surface area contributed by atoms with Crippen LogP contribution in [0.25, 0.3) is 11.3 Å². The van der Waals surface area contributed by atoms with Crippen LogP contribution >= 0.6 is 0 Å². The monoisotopic (exact) mass is 395 g/mol. The average molecular weight is 395 g/mol. The average Bonchev–Trinajstić information content (AvgIpc) is 2.59. The second kappa shape index (κ2) is 8.64. The molecule has 0 saturated heterocycles. The number of carbonyl (C=O) groups is 1. The van der Waals surface area contributed by atoms with E-state index in [0.717, 1.165) is 6.26 Å². The van der Waals surface area contributed by atoms with Crippen LogP contribution in [-0.2, 0) is 21.4 Å². The predicted octanol–water partition coefficient (Wildman–Crippen LogP) is 2.08. The molecule has 2 rings (SSSR count). The van der Waals surface area contributed by atoms with Crippen LogP contribution in [0.1, 0.15) is 49.4 Å². The first kappa shape index (κ1) is 21.1. The Kier molecular flexibility index (Phi) is 6.74. The summed E-state index contributed by atoms with van der Waals surface area (Å²) in [5.41, 5.74) is 1.75. The molecule has 0 fully saturated rings. The molecule has 1 unspecified atom stereocenters. The van der Waals surface area contributed by atoms with E-state index in [-0.39, 0.29) is 24.7 Å². The molecule has 2 aromatic rings. The molecular weight excluding hydrogens is 373 g/mol. The van der Waals surface area contributed by atoms with Crippen molar-refractivity contribution in [1.82, 2.24) is 14.7 Å². The van der Waals surface area contributed by atoms with Gasteiger partial charge < -0.3 is 9.90 Å². The fourth-order valence-electron chi connectivity index (χ4n) is 2.61. The van der Waals surface area contributed by atoms with Crippen molar-refractivity contribution in [1.29, 1.82) is 0 Å². The Morgan fingerprint density at radius 1 is 1.22 bits per heavy atom. The van der Waals surface area contributed by atoms with Crippen molar-refractivity contribution in [3.8, 4) is 11.3 Å². The topological polar surface area (TPSA) is 109 Å². The summed E-state index contributed by atoms with van der Waals surface area (Å²) in [6.45, 7) is 3.60. The van der Waals surface area contributed by atoms with Crippen LogP contribution in [0.2, 0.25) is 0 Å². The maximum Gasteiger partial charge on any atom is 0.209 e. The van der Waals surface area contributed by atoms with Gasteiger partial charge in [0.25, 0.3) is 0 Å². The number of aliphatic hydroxyl groups excluding tert-OH is 1. The molecule has 9 heteroatoms. The van der Waals surface area contributed by atoms with E-state index in [0.29, 0.717) is 28.8 Å². The first-order valence-corrected chi connectivity index (χ1v) is 10.2. The van der Waals surface area contributed by atoms with Gasteiger partial charge in [-0.15, -0.1) is 0 Å². The highest BCUT2D eigenvalue weighted by Gasteiger charge is 2.24. The molecule has 0 spiro atoms. The molecule has 0 radical (unpaired) electrons. The Morgan fingerprint density at radius 3 is 2.37 bits per heavy atom. The van der Waals surface area contributed by atoms with E-state index in [4.69, 9.17) is 0 Å². The number of hydrogen-bond donors (Lipinski definition) is 2. The number of aromatic nitrogens is 2. The summed E-state index contributed by atoms with van der Waals surface area (Å²) in [6.07, 6.45) is 0.358. The molecule has 0 bridgehead atoms. The second-order valence-electron chi connectivity index (χ2n) is 6.46. The van der Waals surface area contributed by atoms with Crippen molar-refractivity contribution in [3.05, 3.63) is 47.2 Å². The van der Waals surface area contributed by atoms with E-state index in [1.54, 1.807) is 0 Å². The van der Waals surface area contributed by atoms with E-state index in [9.17, 15) is 22.7 Å². The van der Waals surface area contributed by atoms with Crippen molar-refractivity contribution in [2.45, 2.75) is 38.8 Å². The van der Waals surface area contributed by atoms with Gasteiger partial charge in [0, 0.05) is 17.5 Å². The van der Waals surface area contributed by atoms with Gasteiger partial charge in [0.15, 0.2) is 0 Å². The van der Waals surface area contributed by atoms with Crippen LogP contribution in [0.5, 0.6) is 0 Å². The number of aldehydes is 1. The maximum atomic E-state index is 13.3. The van der Waals surface area contributed by atoms with Gasteiger partial charge in [-0.2, -0.15) is 0 Å². The van der Waals surface area contributed by atoms with Gasteiger partial charge in [-0.3, -0.25) is 0 Å². The third kappa shape index (κ3) is 5.62. The van der Waals surface area contributed by atoms with Crippen LogP contribution in [-0.4, -0.2) is 36.0 Å². The van der Waals surface area contributed by atoms with Gasteiger partial charge >= 0.3 is 0 Å². The molecule has 1 aromatic carbocycles. The Hall–Kier alpha value is -2.23. The minimum atomic E-state index is -3.45. The predicted molar refractivity (Wildman–Crippen MR) is 98.8 cm³/mol. The highest BCUT2D eigenvalue weighted by atomic mass is 32.2. The van der Waals surface area contributed by atoms with Crippen LogP contribution in [0.3, 0.4) is 0 Å². The van der Waals surface area contributed by atoms with Gasteiger partial charge in [0.2, 0.25) is 10.0 Å². The molecule has 27 heavy (non-hydrogen) atoms. The minimum Gasteiger partial charge on any atom is -0.388 e. The number of nitrogens with zero attached hydrogens (tertiary/aromatic N) is 2. The third-order valence-corrected chi connectivity index (χ3v) is 4.50. The summed E-state index contributed by atoms with van der Waals surface area (Å²) in [6, 6.07) is 5.53. The van der Waals surface area contributed by atoms with Crippen molar-refractivity contribution in [3.63, 3.8) is 0 Å². The largest absolute Gasteiger partial charge is 0.388 e. The van der Waals surface area contributed by atoms with Gasteiger partial charge in [0.05, 0.1) is 30.3 Å². The zero-order valence-corrected chi connectivity index (χ0v) is 16.1. The first-order chi connectivity index (χ1) is 12.6. The van der Waals surface area contributed by atoms with Crippen molar-refractivity contribution >= 4 is 16.3 Å². The maximum absolute atomic E-state index is 13.3. The van der Waals surface area contributed by atoms with E-state index in [2.05, 4.69) is 14.7 Å². The summed E-state index contributed by atoms with van der Waals surface area (Å²) in [5, 5.41) is 10.5. The third-order valence-electron chi connectivity index (χ3n) is 3.83. The molecule has 1 heterocycles. The smallest absolute Gasteiger partial charge is 0.209 e. The molecule has 0 aliphatic rings. The van der Waals surface area contributed by atoms with E-state index < -0.39 is 21.9 Å². The van der Waals surface area contributed by atoms with Crippen molar-refractivity contribution < 1.29 is 22.7 Å². The lowest BCUT2D eigenvalue weighted by Gasteiger charge is -2.20. The zero-order chi connectivity index (χ0) is 20.2. The quantitative estimate of drug-likeness (QED) is 0.663. The van der Waals surface area contributed by atoms with Crippen LogP contribution in [0.4, 0.5) is 4.39 Å². The summed E-state index contributed by atoms with van der Waals surface area (Å²) in [4.78, 5) is 19.7. The number of aliphatic hydroxyl groups is 1. The molecule has 0 aliphatic carbocycles. The molecular formula is C18H22FN3O4S. The Labute approximate surface area is 157 Å². The molecule has 0 amide bonds. The normalized spacial score (nSPS) is 13.0. The van der Waals surface area contributed by atoms with E-state index in [1.807, 2.05) is 13.8 Å². The molecule has 146 valence electrons. The number of nitrogens with one attached hydrogen (secondary N) is 1. The lowest BCUT2D eigenvalue weighted by atomic mass is 9.93. The van der Waals surface area contributed by atoms with E-state index >= 15 is 0 Å². The molecule has 2 N–H and O–H groups in total. The summed E-state index contributed by atoms with van der Waals surface area (Å²) < 4.78 is 38.4. The molecule has 0 saturated carbocycles. The van der Waals surface area contributed by atoms with Crippen molar-refractivity contribution in [2.75, 3.05) is 6.26 Å². The van der Waals surface area contributed by atoms with Gasteiger partial charge in [0.1, 0.15) is 17.9 Å². The Balaban J connectivity index is 2.67. The number of sulfonamides is 1. The number of rotatable bonds is 8.